The molecule has 0 aliphatic rings. The first-order valence-electron chi connectivity index (χ1n) is 5.73. The van der Waals surface area contributed by atoms with Crippen molar-refractivity contribution in [2.45, 2.75) is 0 Å². The third-order valence-electron chi connectivity index (χ3n) is 1.79. The highest BCUT2D eigenvalue weighted by Crippen LogP contribution is 1.79. The van der Waals surface area contributed by atoms with Crippen LogP contribution >= 0.6 is 0 Å². The van der Waals surface area contributed by atoms with Crippen molar-refractivity contribution in [3.8, 4) is 0 Å². The van der Waals surface area contributed by atoms with E-state index in [1.54, 1.807) is 0 Å². The molecule has 0 atom stereocenters. The van der Waals surface area contributed by atoms with Crippen molar-refractivity contribution in [2.75, 3.05) is 39.3 Å². The van der Waals surface area contributed by atoms with E-state index in [4.69, 9.17) is 11.5 Å². The molecule has 0 bridgehead atoms. The van der Waals surface area contributed by atoms with Gasteiger partial charge >= 0.3 is 0 Å². The maximum Gasteiger partial charge on any atom is 0.00772 e. The van der Waals surface area contributed by atoms with Gasteiger partial charge in [-0.15, -0.1) is 0 Å². The summed E-state index contributed by atoms with van der Waals surface area (Å²) in [4.78, 5) is 0. The van der Waals surface area contributed by atoms with Gasteiger partial charge in [0, 0.05) is 39.3 Å². The van der Waals surface area contributed by atoms with E-state index in [2.05, 4.69) is 10.6 Å². The molecule has 1 aromatic carbocycles. The Bertz CT molecular complexity index is 169. The first kappa shape index (κ1) is 15.1. The molecular formula is C12H24N4. The molecule has 0 unspecified atom stereocenters. The van der Waals surface area contributed by atoms with Gasteiger partial charge in [-0.05, 0) is 0 Å². The number of nitrogens with two attached hydrogens (primary N) is 2. The zero-order chi connectivity index (χ0) is 11.9. The monoisotopic (exact) mass is 224 g/mol. The van der Waals surface area contributed by atoms with Crippen molar-refractivity contribution in [1.82, 2.24) is 10.6 Å². The molecule has 1 rings (SSSR count). The lowest BCUT2D eigenvalue weighted by atomic mass is 10.4. The van der Waals surface area contributed by atoms with E-state index in [1.165, 1.54) is 0 Å². The van der Waals surface area contributed by atoms with Crippen molar-refractivity contribution < 1.29 is 0 Å². The van der Waals surface area contributed by atoms with Crippen LogP contribution in [0.2, 0.25) is 0 Å². The predicted molar refractivity (Wildman–Crippen MR) is 70.3 cm³/mol. The van der Waals surface area contributed by atoms with Gasteiger partial charge in [0.05, 0.1) is 0 Å². The lowest BCUT2D eigenvalue weighted by Gasteiger charge is -2.03. The second-order valence-electron chi connectivity index (χ2n) is 3.23. The number of rotatable bonds is 7. The fourth-order valence-electron chi connectivity index (χ4n) is 1.02. The zero-order valence-corrected chi connectivity index (χ0v) is 9.86. The fourth-order valence-corrected chi connectivity index (χ4v) is 1.02. The molecule has 1 aromatic rings. The summed E-state index contributed by atoms with van der Waals surface area (Å²) in [7, 11) is 0. The molecule has 0 fully saturated rings. The third-order valence-corrected chi connectivity index (χ3v) is 1.79. The molecule has 0 spiro atoms. The Balaban J connectivity index is 0.000000315. The Morgan fingerprint density at radius 3 is 1.12 bits per heavy atom. The highest BCUT2D eigenvalue weighted by Gasteiger charge is 1.83. The van der Waals surface area contributed by atoms with E-state index in [1.807, 2.05) is 36.4 Å². The van der Waals surface area contributed by atoms with Gasteiger partial charge in [0.1, 0.15) is 0 Å². The Labute approximate surface area is 98.4 Å². The number of nitrogens with one attached hydrogen (secondary N) is 2. The van der Waals surface area contributed by atoms with Crippen molar-refractivity contribution in [1.29, 1.82) is 0 Å². The summed E-state index contributed by atoms with van der Waals surface area (Å²) in [5.41, 5.74) is 10.5. The summed E-state index contributed by atoms with van der Waals surface area (Å²) in [6, 6.07) is 12.0. The van der Waals surface area contributed by atoms with Gasteiger partial charge < -0.3 is 22.1 Å². The number of hydrogen-bond donors (Lipinski definition) is 4. The molecular weight excluding hydrogens is 200 g/mol. The number of hydrogen-bond acceptors (Lipinski definition) is 4. The van der Waals surface area contributed by atoms with E-state index in [0.29, 0.717) is 13.1 Å². The maximum absolute atomic E-state index is 5.27. The molecule has 0 radical (unpaired) electrons. The van der Waals surface area contributed by atoms with Gasteiger partial charge in [-0.1, -0.05) is 36.4 Å². The minimum atomic E-state index is 0.705. The minimum Gasteiger partial charge on any atom is -0.329 e. The zero-order valence-electron chi connectivity index (χ0n) is 9.86. The summed E-state index contributed by atoms with van der Waals surface area (Å²) in [6.45, 7) is 5.14. The lowest BCUT2D eigenvalue weighted by Crippen LogP contribution is -2.32. The van der Waals surface area contributed by atoms with Crippen LogP contribution in [0.4, 0.5) is 0 Å². The molecule has 0 aromatic heterocycles. The molecule has 6 N–H and O–H groups in total. The summed E-state index contributed by atoms with van der Waals surface area (Å²) in [6.07, 6.45) is 0. The van der Waals surface area contributed by atoms with Crippen LogP contribution in [0.5, 0.6) is 0 Å². The molecule has 0 heterocycles. The highest BCUT2D eigenvalue weighted by molar-refractivity contribution is 4.99. The van der Waals surface area contributed by atoms with Crippen LogP contribution in [0.15, 0.2) is 36.4 Å². The normalized spacial score (nSPS) is 9.38. The Morgan fingerprint density at radius 1 is 0.562 bits per heavy atom. The van der Waals surface area contributed by atoms with Crippen LogP contribution in [0, 0.1) is 0 Å². The van der Waals surface area contributed by atoms with Gasteiger partial charge in [-0.2, -0.15) is 0 Å². The van der Waals surface area contributed by atoms with E-state index in [9.17, 15) is 0 Å². The van der Waals surface area contributed by atoms with Crippen molar-refractivity contribution in [3.63, 3.8) is 0 Å². The minimum absolute atomic E-state index is 0.705. The predicted octanol–water partition coefficient (Wildman–Crippen LogP) is -0.230. The smallest absolute Gasteiger partial charge is 0.00772 e. The maximum atomic E-state index is 5.27. The van der Waals surface area contributed by atoms with Crippen molar-refractivity contribution >= 4 is 0 Å². The van der Waals surface area contributed by atoms with Gasteiger partial charge in [-0.3, -0.25) is 0 Å². The largest absolute Gasteiger partial charge is 0.329 e. The Hall–Kier alpha value is -0.940. The average Bonchev–Trinajstić information content (AvgIpc) is 2.37. The van der Waals surface area contributed by atoms with E-state index in [-0.39, 0.29) is 0 Å². The average molecular weight is 224 g/mol. The number of benzene rings is 1. The van der Waals surface area contributed by atoms with E-state index >= 15 is 0 Å². The summed E-state index contributed by atoms with van der Waals surface area (Å²) in [5.74, 6) is 0. The van der Waals surface area contributed by atoms with Crippen molar-refractivity contribution in [2.24, 2.45) is 11.5 Å². The topological polar surface area (TPSA) is 76.1 Å². The lowest BCUT2D eigenvalue weighted by molar-refractivity contribution is 0.618. The van der Waals surface area contributed by atoms with Gasteiger partial charge in [-0.25, -0.2) is 0 Å². The fraction of sp³-hybridized carbons (Fsp3) is 0.500. The summed E-state index contributed by atoms with van der Waals surface area (Å²) < 4.78 is 0. The SMILES string of the molecule is NCCNCCNCCN.c1ccccc1. The Morgan fingerprint density at radius 2 is 0.875 bits per heavy atom. The standard InChI is InChI=1S/C6H18N4.C6H6/c7-1-3-9-5-6-10-4-2-8;1-2-4-6-5-3-1/h9-10H,1-8H2;1-6H. The molecule has 0 saturated heterocycles. The molecule has 0 amide bonds. The van der Waals surface area contributed by atoms with Crippen LogP contribution in [0.1, 0.15) is 0 Å². The second kappa shape index (κ2) is 14.1. The van der Waals surface area contributed by atoms with Crippen LogP contribution in [0.25, 0.3) is 0 Å². The molecule has 4 heteroatoms. The highest BCUT2D eigenvalue weighted by atomic mass is 14.9. The van der Waals surface area contributed by atoms with Crippen LogP contribution in [-0.2, 0) is 0 Å². The summed E-state index contributed by atoms with van der Waals surface area (Å²) >= 11 is 0. The third kappa shape index (κ3) is 13.1. The first-order valence-corrected chi connectivity index (χ1v) is 5.73. The first-order chi connectivity index (χ1) is 7.91. The molecule has 0 aliphatic heterocycles. The van der Waals surface area contributed by atoms with Crippen LogP contribution in [0.3, 0.4) is 0 Å². The van der Waals surface area contributed by atoms with E-state index in [0.717, 1.165) is 26.2 Å². The quantitative estimate of drug-likeness (QED) is 0.483. The van der Waals surface area contributed by atoms with E-state index < -0.39 is 0 Å². The molecule has 4 nitrogen and oxygen atoms in total. The molecule has 92 valence electrons. The van der Waals surface area contributed by atoms with Gasteiger partial charge in [0.25, 0.3) is 0 Å². The summed E-state index contributed by atoms with van der Waals surface area (Å²) in [5, 5.41) is 6.33. The van der Waals surface area contributed by atoms with Crippen LogP contribution < -0.4 is 22.1 Å². The van der Waals surface area contributed by atoms with Gasteiger partial charge in [0.2, 0.25) is 0 Å². The Kier molecular flexibility index (Phi) is 13.2. The molecule has 0 saturated carbocycles. The molecule has 0 aliphatic carbocycles. The van der Waals surface area contributed by atoms with Crippen molar-refractivity contribution in [3.05, 3.63) is 36.4 Å². The second-order valence-corrected chi connectivity index (χ2v) is 3.23. The molecule has 16 heavy (non-hydrogen) atoms. The van der Waals surface area contributed by atoms with Crippen LogP contribution in [-0.4, -0.2) is 39.3 Å². The van der Waals surface area contributed by atoms with Gasteiger partial charge in [0.15, 0.2) is 0 Å².